The van der Waals surface area contributed by atoms with Gasteiger partial charge in [0.2, 0.25) is 5.91 Å². The Morgan fingerprint density at radius 2 is 2.23 bits per heavy atom. The first-order valence-electron chi connectivity index (χ1n) is 5.22. The second-order valence-corrected chi connectivity index (χ2v) is 3.81. The lowest BCUT2D eigenvalue weighted by molar-refractivity contribution is -0.132. The van der Waals surface area contributed by atoms with E-state index in [-0.39, 0.29) is 5.91 Å². The minimum Gasteiger partial charge on any atom is -0.342 e. The van der Waals surface area contributed by atoms with E-state index in [2.05, 4.69) is 6.92 Å². The number of nitrogens with two attached hydrogens (primary N) is 1. The Hall–Kier alpha value is -0.570. The van der Waals surface area contributed by atoms with Crippen LogP contribution in [0.4, 0.5) is 0 Å². The van der Waals surface area contributed by atoms with Gasteiger partial charge < -0.3 is 10.6 Å². The van der Waals surface area contributed by atoms with Gasteiger partial charge in [0, 0.05) is 25.6 Å². The zero-order valence-electron chi connectivity index (χ0n) is 8.62. The zero-order valence-corrected chi connectivity index (χ0v) is 8.62. The van der Waals surface area contributed by atoms with Crippen molar-refractivity contribution >= 4 is 5.91 Å². The monoisotopic (exact) mass is 184 g/mol. The van der Waals surface area contributed by atoms with E-state index in [4.69, 9.17) is 5.73 Å². The lowest BCUT2D eigenvalue weighted by Gasteiger charge is -2.36. The van der Waals surface area contributed by atoms with E-state index in [1.165, 1.54) is 0 Å². The molecule has 76 valence electrons. The fourth-order valence-electron chi connectivity index (χ4n) is 1.93. The molecule has 2 unspecified atom stereocenters. The molecule has 1 heterocycles. The van der Waals surface area contributed by atoms with Crippen LogP contribution >= 0.6 is 0 Å². The molecule has 1 amide bonds. The summed E-state index contributed by atoms with van der Waals surface area (Å²) in [7, 11) is 0. The van der Waals surface area contributed by atoms with Gasteiger partial charge in [0.1, 0.15) is 0 Å². The van der Waals surface area contributed by atoms with Crippen LogP contribution in [0.3, 0.4) is 0 Å². The van der Waals surface area contributed by atoms with Crippen molar-refractivity contribution in [1.29, 1.82) is 0 Å². The van der Waals surface area contributed by atoms with Gasteiger partial charge in [-0.3, -0.25) is 4.79 Å². The summed E-state index contributed by atoms with van der Waals surface area (Å²) in [6.45, 7) is 5.77. The molecule has 0 radical (unpaired) electrons. The molecule has 0 aromatic carbocycles. The van der Waals surface area contributed by atoms with Crippen LogP contribution < -0.4 is 5.73 Å². The number of amides is 1. The van der Waals surface area contributed by atoms with Gasteiger partial charge in [0.05, 0.1) is 0 Å². The Balaban J connectivity index is 2.49. The van der Waals surface area contributed by atoms with Crippen LogP contribution in [0.1, 0.15) is 33.1 Å². The molecule has 0 aliphatic carbocycles. The molecular formula is C10H20N2O. The van der Waals surface area contributed by atoms with Crippen LogP contribution in [0, 0.1) is 5.92 Å². The Morgan fingerprint density at radius 3 is 2.77 bits per heavy atom. The molecule has 0 bridgehead atoms. The molecule has 1 aliphatic heterocycles. The van der Waals surface area contributed by atoms with Crippen molar-refractivity contribution in [1.82, 2.24) is 4.90 Å². The van der Waals surface area contributed by atoms with E-state index in [0.717, 1.165) is 25.9 Å². The number of carbonyl (C=O) groups is 1. The van der Waals surface area contributed by atoms with Gasteiger partial charge in [-0.05, 0) is 12.3 Å². The number of piperidine rings is 1. The minimum absolute atomic E-state index is 0.269. The quantitative estimate of drug-likeness (QED) is 0.695. The molecule has 0 spiro atoms. The highest BCUT2D eigenvalue weighted by Gasteiger charge is 2.26. The maximum Gasteiger partial charge on any atom is 0.222 e. The maximum absolute atomic E-state index is 11.4. The van der Waals surface area contributed by atoms with Crippen LogP contribution in [-0.4, -0.2) is 29.9 Å². The van der Waals surface area contributed by atoms with Crippen molar-refractivity contribution in [2.45, 2.75) is 39.2 Å². The van der Waals surface area contributed by atoms with E-state index in [1.54, 1.807) is 0 Å². The maximum atomic E-state index is 11.4. The predicted octanol–water partition coefficient (Wildman–Crippen LogP) is 0.982. The van der Waals surface area contributed by atoms with Crippen LogP contribution in [-0.2, 0) is 4.79 Å². The second kappa shape index (κ2) is 4.61. The summed E-state index contributed by atoms with van der Waals surface area (Å²) < 4.78 is 0. The Morgan fingerprint density at radius 1 is 1.54 bits per heavy atom. The Kier molecular flexibility index (Phi) is 3.72. The average Bonchev–Trinajstić information content (AvgIpc) is 2.17. The molecule has 2 N–H and O–H groups in total. The lowest BCUT2D eigenvalue weighted by atomic mass is 9.90. The first-order chi connectivity index (χ1) is 6.19. The first-order valence-corrected chi connectivity index (χ1v) is 5.22. The summed E-state index contributed by atoms with van der Waals surface area (Å²) in [5, 5.41) is 0. The summed E-state index contributed by atoms with van der Waals surface area (Å²) in [5.74, 6) is 0.773. The summed E-state index contributed by atoms with van der Waals surface area (Å²) in [6, 6.07) is 0.297. The number of carbonyl (C=O) groups excluding carboxylic acids is 1. The summed E-state index contributed by atoms with van der Waals surface area (Å²) >= 11 is 0. The van der Waals surface area contributed by atoms with Crippen LogP contribution in [0.5, 0.6) is 0 Å². The third kappa shape index (κ3) is 2.44. The third-order valence-electron chi connectivity index (χ3n) is 2.97. The summed E-state index contributed by atoms with van der Waals surface area (Å²) in [4.78, 5) is 13.4. The molecule has 1 fully saturated rings. The Bertz CT molecular complexity index is 182. The van der Waals surface area contributed by atoms with Gasteiger partial charge in [-0.25, -0.2) is 0 Å². The normalized spacial score (nSPS) is 29.0. The average molecular weight is 184 g/mol. The van der Waals surface area contributed by atoms with Crippen molar-refractivity contribution in [3.8, 4) is 0 Å². The molecule has 2 atom stereocenters. The predicted molar refractivity (Wildman–Crippen MR) is 53.2 cm³/mol. The van der Waals surface area contributed by atoms with Crippen molar-refractivity contribution in [2.75, 3.05) is 13.1 Å². The van der Waals surface area contributed by atoms with Crippen LogP contribution in [0.25, 0.3) is 0 Å². The summed E-state index contributed by atoms with van der Waals surface area (Å²) in [6.07, 6.45) is 2.66. The van der Waals surface area contributed by atoms with E-state index >= 15 is 0 Å². The van der Waals surface area contributed by atoms with E-state index in [9.17, 15) is 4.79 Å². The SMILES string of the molecule is CCC(=O)N1CCC(N)C(CC)C1. The topological polar surface area (TPSA) is 46.3 Å². The van der Waals surface area contributed by atoms with E-state index < -0.39 is 0 Å². The number of hydrogen-bond donors (Lipinski definition) is 1. The second-order valence-electron chi connectivity index (χ2n) is 3.81. The number of nitrogens with zero attached hydrogens (tertiary/aromatic N) is 1. The van der Waals surface area contributed by atoms with Crippen molar-refractivity contribution in [2.24, 2.45) is 11.7 Å². The molecule has 0 aromatic rings. The van der Waals surface area contributed by atoms with Crippen molar-refractivity contribution in [3.63, 3.8) is 0 Å². The molecular weight excluding hydrogens is 164 g/mol. The van der Waals surface area contributed by atoms with Gasteiger partial charge >= 0.3 is 0 Å². The van der Waals surface area contributed by atoms with Gasteiger partial charge in [-0.2, -0.15) is 0 Å². The van der Waals surface area contributed by atoms with Gasteiger partial charge in [-0.15, -0.1) is 0 Å². The molecule has 3 heteroatoms. The smallest absolute Gasteiger partial charge is 0.222 e. The fraction of sp³-hybridized carbons (Fsp3) is 0.900. The highest BCUT2D eigenvalue weighted by Crippen LogP contribution is 2.18. The Labute approximate surface area is 80.3 Å². The van der Waals surface area contributed by atoms with Gasteiger partial charge in [-0.1, -0.05) is 20.3 Å². The van der Waals surface area contributed by atoms with Gasteiger partial charge in [0.25, 0.3) is 0 Å². The standard InChI is InChI=1S/C10H20N2O/c1-3-8-7-12(10(13)4-2)6-5-9(8)11/h8-9H,3-7,11H2,1-2H3. The van der Waals surface area contributed by atoms with Gasteiger partial charge in [0.15, 0.2) is 0 Å². The van der Waals surface area contributed by atoms with Crippen LogP contribution in [0.2, 0.25) is 0 Å². The molecule has 3 nitrogen and oxygen atoms in total. The fourth-order valence-corrected chi connectivity index (χ4v) is 1.93. The summed E-state index contributed by atoms with van der Waals surface area (Å²) in [5.41, 5.74) is 5.96. The largest absolute Gasteiger partial charge is 0.342 e. The van der Waals surface area contributed by atoms with E-state index in [0.29, 0.717) is 18.4 Å². The van der Waals surface area contributed by atoms with Crippen LogP contribution in [0.15, 0.2) is 0 Å². The molecule has 1 saturated heterocycles. The molecule has 0 aromatic heterocycles. The zero-order chi connectivity index (χ0) is 9.84. The highest BCUT2D eigenvalue weighted by atomic mass is 16.2. The molecule has 1 aliphatic rings. The molecule has 0 saturated carbocycles. The number of hydrogen-bond acceptors (Lipinski definition) is 2. The van der Waals surface area contributed by atoms with E-state index in [1.807, 2.05) is 11.8 Å². The molecule has 13 heavy (non-hydrogen) atoms. The third-order valence-corrected chi connectivity index (χ3v) is 2.97. The molecule has 1 rings (SSSR count). The lowest BCUT2D eigenvalue weighted by Crippen LogP contribution is -2.48. The first kappa shape index (κ1) is 10.5. The highest BCUT2D eigenvalue weighted by molar-refractivity contribution is 5.75. The number of rotatable bonds is 2. The van der Waals surface area contributed by atoms with Crippen molar-refractivity contribution < 1.29 is 4.79 Å². The van der Waals surface area contributed by atoms with Crippen molar-refractivity contribution in [3.05, 3.63) is 0 Å². The number of likely N-dealkylation sites (tertiary alicyclic amines) is 1. The minimum atomic E-state index is 0.269.